The van der Waals surface area contributed by atoms with E-state index in [1.807, 2.05) is 31.2 Å². The molecule has 0 unspecified atom stereocenters. The van der Waals surface area contributed by atoms with Crippen LogP contribution in [0.1, 0.15) is 16.7 Å². The number of carbonyl (C=O) groups is 1. The molecule has 0 bridgehead atoms. The molecule has 0 saturated carbocycles. The van der Waals surface area contributed by atoms with Gasteiger partial charge in [-0.25, -0.2) is 13.8 Å². The van der Waals surface area contributed by atoms with Gasteiger partial charge in [-0.2, -0.15) is 9.41 Å². The Kier molecular flexibility index (Phi) is 8.20. The maximum Gasteiger partial charge on any atom is 0.255 e. The van der Waals surface area contributed by atoms with Crippen molar-refractivity contribution < 1.29 is 13.2 Å². The lowest BCUT2D eigenvalue weighted by Gasteiger charge is -2.21. The fourth-order valence-electron chi connectivity index (χ4n) is 2.83. The van der Waals surface area contributed by atoms with Crippen molar-refractivity contribution in [3.8, 4) is 0 Å². The first kappa shape index (κ1) is 24.1. The number of halogens is 2. The quantitative estimate of drug-likeness (QED) is 0.335. The highest BCUT2D eigenvalue weighted by molar-refractivity contribution is 9.10. The van der Waals surface area contributed by atoms with Gasteiger partial charge in [0.2, 0.25) is 10.0 Å². The largest absolute Gasteiger partial charge is 0.272 e. The lowest BCUT2D eigenvalue weighted by Crippen LogP contribution is -2.39. The molecule has 3 aromatic carbocycles. The maximum atomic E-state index is 13.3. The molecule has 0 aliphatic heterocycles. The molecule has 0 radical (unpaired) electrons. The summed E-state index contributed by atoms with van der Waals surface area (Å²) in [7, 11) is -3.93. The molecule has 3 rings (SSSR count). The van der Waals surface area contributed by atoms with Crippen LogP contribution in [0.4, 0.5) is 0 Å². The fourth-order valence-corrected chi connectivity index (χ4v) is 4.66. The van der Waals surface area contributed by atoms with Gasteiger partial charge in [0, 0.05) is 21.6 Å². The number of hydrogen-bond acceptors (Lipinski definition) is 4. The average molecular weight is 535 g/mol. The van der Waals surface area contributed by atoms with Crippen LogP contribution in [0.25, 0.3) is 0 Å². The number of nitrogens with one attached hydrogen (secondary N) is 1. The molecule has 32 heavy (non-hydrogen) atoms. The van der Waals surface area contributed by atoms with E-state index in [2.05, 4.69) is 26.5 Å². The monoisotopic (exact) mass is 533 g/mol. The smallest absolute Gasteiger partial charge is 0.255 e. The molecule has 0 saturated heterocycles. The van der Waals surface area contributed by atoms with Gasteiger partial charge < -0.3 is 0 Å². The summed E-state index contributed by atoms with van der Waals surface area (Å²) in [4.78, 5) is 12.6. The second-order valence-electron chi connectivity index (χ2n) is 7.03. The zero-order valence-corrected chi connectivity index (χ0v) is 20.4. The molecule has 0 spiro atoms. The van der Waals surface area contributed by atoms with Gasteiger partial charge in [-0.05, 0) is 42.8 Å². The molecule has 0 aliphatic rings. The van der Waals surface area contributed by atoms with E-state index in [1.54, 1.807) is 36.4 Å². The van der Waals surface area contributed by atoms with Crippen molar-refractivity contribution in [3.05, 3.63) is 99.0 Å². The molecular formula is C23H21BrClN3O3S. The van der Waals surface area contributed by atoms with Gasteiger partial charge in [0.25, 0.3) is 5.91 Å². The van der Waals surface area contributed by atoms with Gasteiger partial charge in [0.15, 0.2) is 0 Å². The highest BCUT2D eigenvalue weighted by Gasteiger charge is 2.27. The molecule has 0 aliphatic carbocycles. The Morgan fingerprint density at radius 1 is 1.06 bits per heavy atom. The Morgan fingerprint density at radius 3 is 2.38 bits per heavy atom. The van der Waals surface area contributed by atoms with Crippen LogP contribution >= 0.6 is 27.5 Å². The maximum absolute atomic E-state index is 13.3. The minimum atomic E-state index is -3.93. The topological polar surface area (TPSA) is 78.8 Å². The summed E-state index contributed by atoms with van der Waals surface area (Å²) in [6.07, 6.45) is 1.41. The number of amides is 1. The van der Waals surface area contributed by atoms with E-state index in [0.717, 1.165) is 19.9 Å². The molecule has 166 valence electrons. The standard InChI is InChI=1S/C23H21BrClN3O3S/c1-17-6-8-18(9-7-17)15-28(32(30,31)21-12-10-20(24)11-13-21)16-23(29)27-26-14-19-4-2-3-5-22(19)25/h2-14H,15-16H2,1H3,(H,27,29)/b26-14-. The summed E-state index contributed by atoms with van der Waals surface area (Å²) in [6, 6.07) is 20.8. The SMILES string of the molecule is Cc1ccc(CN(CC(=O)N/N=C\c2ccccc2Cl)S(=O)(=O)c2ccc(Br)cc2)cc1. The second-order valence-corrected chi connectivity index (χ2v) is 10.3. The van der Waals surface area contributed by atoms with Crippen molar-refractivity contribution in [2.45, 2.75) is 18.4 Å². The molecule has 1 N–H and O–H groups in total. The van der Waals surface area contributed by atoms with E-state index in [1.165, 1.54) is 18.3 Å². The normalized spacial score (nSPS) is 11.8. The minimum absolute atomic E-state index is 0.0420. The fraction of sp³-hybridized carbons (Fsp3) is 0.130. The molecule has 0 heterocycles. The van der Waals surface area contributed by atoms with Crippen LogP contribution in [0.3, 0.4) is 0 Å². The van der Waals surface area contributed by atoms with Crippen LogP contribution in [0, 0.1) is 6.92 Å². The third kappa shape index (κ3) is 6.49. The Bertz CT molecular complexity index is 1210. The van der Waals surface area contributed by atoms with Gasteiger partial charge in [-0.15, -0.1) is 0 Å². The Balaban J connectivity index is 1.80. The van der Waals surface area contributed by atoms with E-state index in [9.17, 15) is 13.2 Å². The first-order valence-corrected chi connectivity index (χ1v) is 12.2. The lowest BCUT2D eigenvalue weighted by molar-refractivity contribution is -0.121. The van der Waals surface area contributed by atoms with Gasteiger partial charge in [-0.3, -0.25) is 4.79 Å². The number of carbonyl (C=O) groups excluding carboxylic acids is 1. The first-order valence-electron chi connectivity index (χ1n) is 9.63. The number of rotatable bonds is 8. The van der Waals surface area contributed by atoms with Crippen molar-refractivity contribution in [1.82, 2.24) is 9.73 Å². The number of hydrogen-bond donors (Lipinski definition) is 1. The number of nitrogens with zero attached hydrogens (tertiary/aromatic N) is 2. The highest BCUT2D eigenvalue weighted by Crippen LogP contribution is 2.21. The summed E-state index contributed by atoms with van der Waals surface area (Å²) < 4.78 is 28.4. The molecule has 6 nitrogen and oxygen atoms in total. The third-order valence-corrected chi connectivity index (χ3v) is 7.23. The predicted molar refractivity (Wildman–Crippen MR) is 130 cm³/mol. The van der Waals surface area contributed by atoms with Crippen LogP contribution < -0.4 is 5.43 Å². The number of benzene rings is 3. The molecule has 1 amide bonds. The first-order chi connectivity index (χ1) is 15.3. The van der Waals surface area contributed by atoms with Gasteiger partial charge in [0.05, 0.1) is 17.7 Å². The van der Waals surface area contributed by atoms with Crippen molar-refractivity contribution in [2.75, 3.05) is 6.54 Å². The Hall–Kier alpha value is -2.52. The summed E-state index contributed by atoms with van der Waals surface area (Å²) >= 11 is 9.37. The van der Waals surface area contributed by atoms with Crippen molar-refractivity contribution in [2.24, 2.45) is 5.10 Å². The van der Waals surface area contributed by atoms with Gasteiger partial charge in [0.1, 0.15) is 0 Å². The van der Waals surface area contributed by atoms with Crippen molar-refractivity contribution in [1.29, 1.82) is 0 Å². The number of aryl methyl sites for hydroxylation is 1. The molecular weight excluding hydrogens is 514 g/mol. The Morgan fingerprint density at radius 2 is 1.72 bits per heavy atom. The number of sulfonamides is 1. The summed E-state index contributed by atoms with van der Waals surface area (Å²) in [5.41, 5.74) is 4.83. The van der Waals surface area contributed by atoms with E-state index >= 15 is 0 Å². The average Bonchev–Trinajstić information content (AvgIpc) is 2.76. The van der Waals surface area contributed by atoms with Crippen LogP contribution in [0.2, 0.25) is 5.02 Å². The van der Waals surface area contributed by atoms with Gasteiger partial charge >= 0.3 is 0 Å². The molecule has 0 atom stereocenters. The van der Waals surface area contributed by atoms with Gasteiger partial charge in [-0.1, -0.05) is 75.6 Å². The predicted octanol–water partition coefficient (Wildman–Crippen LogP) is 4.75. The summed E-state index contributed by atoms with van der Waals surface area (Å²) in [5.74, 6) is -0.568. The molecule has 9 heteroatoms. The van der Waals surface area contributed by atoms with E-state index in [4.69, 9.17) is 11.6 Å². The van der Waals surface area contributed by atoms with Crippen LogP contribution in [0.15, 0.2) is 87.3 Å². The third-order valence-electron chi connectivity index (χ3n) is 4.55. The summed E-state index contributed by atoms with van der Waals surface area (Å²) in [5, 5.41) is 4.39. The zero-order chi connectivity index (χ0) is 23.1. The van der Waals surface area contributed by atoms with E-state index in [0.29, 0.717) is 10.6 Å². The van der Waals surface area contributed by atoms with Crippen LogP contribution in [0.5, 0.6) is 0 Å². The number of hydrazone groups is 1. The van der Waals surface area contributed by atoms with Crippen LogP contribution in [-0.4, -0.2) is 31.4 Å². The summed E-state index contributed by atoms with van der Waals surface area (Å²) in [6.45, 7) is 1.59. The second kappa shape index (κ2) is 10.9. The Labute approximate surface area is 201 Å². The lowest BCUT2D eigenvalue weighted by atomic mass is 10.1. The van der Waals surface area contributed by atoms with E-state index in [-0.39, 0.29) is 11.4 Å². The molecule has 0 aromatic heterocycles. The van der Waals surface area contributed by atoms with E-state index < -0.39 is 22.5 Å². The minimum Gasteiger partial charge on any atom is -0.272 e. The van der Waals surface area contributed by atoms with Crippen molar-refractivity contribution in [3.63, 3.8) is 0 Å². The zero-order valence-electron chi connectivity index (χ0n) is 17.2. The molecule has 3 aromatic rings. The van der Waals surface area contributed by atoms with Crippen molar-refractivity contribution >= 4 is 49.7 Å². The molecule has 0 fully saturated rings. The highest BCUT2D eigenvalue weighted by atomic mass is 79.9. The van der Waals surface area contributed by atoms with Crippen LogP contribution in [-0.2, 0) is 21.4 Å².